The summed E-state index contributed by atoms with van der Waals surface area (Å²) in [5, 5.41) is 11.7. The van der Waals surface area contributed by atoms with Gasteiger partial charge in [-0.05, 0) is 66.5 Å². The summed E-state index contributed by atoms with van der Waals surface area (Å²) in [5.41, 5.74) is 3.75. The summed E-state index contributed by atoms with van der Waals surface area (Å²) in [6.07, 6.45) is 5.64. The number of nitrogens with one attached hydrogen (secondary N) is 3. The topological polar surface area (TPSA) is 78.9 Å². The van der Waals surface area contributed by atoms with Crippen LogP contribution in [-0.2, 0) is 17.8 Å². The fourth-order valence-corrected chi connectivity index (χ4v) is 5.85. The molecule has 0 bridgehead atoms. The van der Waals surface area contributed by atoms with Crippen molar-refractivity contribution in [1.82, 2.24) is 14.7 Å². The molecule has 3 N–H and O–H groups in total. The Morgan fingerprint density at radius 2 is 1.70 bits per heavy atom. The minimum atomic E-state index is -0.0431. The molecule has 1 spiro atoms. The Hall–Kier alpha value is -2.48. The van der Waals surface area contributed by atoms with Crippen molar-refractivity contribution in [1.29, 1.82) is 0 Å². The molecule has 0 saturated heterocycles. The normalized spacial score (nSPS) is 23.6. The number of carbonyl (C=O) groups is 1. The lowest BCUT2D eigenvalue weighted by Gasteiger charge is -2.58. The number of amides is 1. The van der Waals surface area contributed by atoms with Crippen molar-refractivity contribution < 1.29 is 4.79 Å². The molecule has 2 aromatic carbocycles. The third kappa shape index (κ3) is 5.54. The summed E-state index contributed by atoms with van der Waals surface area (Å²) in [7, 11) is 0. The average Bonchev–Trinajstić information content (AvgIpc) is 3.17. The predicted octanol–water partition coefficient (Wildman–Crippen LogP) is 5.25. The lowest BCUT2D eigenvalue weighted by Crippen LogP contribution is -2.58. The second-order valence-electron chi connectivity index (χ2n) is 9.43. The summed E-state index contributed by atoms with van der Waals surface area (Å²) in [6, 6.07) is 17.0. The standard InChI is InChI=1S/C25H28ClN5OS/c1-16(32)28-20-8-4-18(5-9-20)15-27-21-11-25(12-21)13-22(14-25)29-24-30-23(31-33-24)10-17-2-6-19(26)7-3-17/h2-9,21-22,27H,10-15H2,1H3,(H,28,32)(H,29,30,31). The average molecular weight is 482 g/mol. The van der Waals surface area contributed by atoms with E-state index in [1.165, 1.54) is 55.3 Å². The van der Waals surface area contributed by atoms with Crippen LogP contribution in [0, 0.1) is 5.41 Å². The number of carbonyl (C=O) groups excluding carboxylic acids is 1. The highest BCUT2D eigenvalue weighted by atomic mass is 35.5. The second kappa shape index (κ2) is 9.41. The molecular formula is C25H28ClN5OS. The summed E-state index contributed by atoms with van der Waals surface area (Å²) < 4.78 is 4.50. The van der Waals surface area contributed by atoms with Crippen LogP contribution in [0.4, 0.5) is 10.8 Å². The Morgan fingerprint density at radius 1 is 1.03 bits per heavy atom. The molecule has 3 aromatic rings. The van der Waals surface area contributed by atoms with E-state index in [0.717, 1.165) is 34.6 Å². The predicted molar refractivity (Wildman–Crippen MR) is 134 cm³/mol. The van der Waals surface area contributed by atoms with Crippen molar-refractivity contribution in [2.24, 2.45) is 5.41 Å². The molecule has 0 unspecified atom stereocenters. The Labute approximate surface area is 203 Å². The maximum Gasteiger partial charge on any atom is 0.221 e. The van der Waals surface area contributed by atoms with E-state index < -0.39 is 0 Å². The van der Waals surface area contributed by atoms with Crippen LogP contribution < -0.4 is 16.0 Å². The maximum absolute atomic E-state index is 11.1. The van der Waals surface area contributed by atoms with E-state index >= 15 is 0 Å². The molecule has 1 amide bonds. The molecule has 0 radical (unpaired) electrons. The molecule has 2 fully saturated rings. The molecule has 6 nitrogen and oxygen atoms in total. The molecular weight excluding hydrogens is 454 g/mol. The van der Waals surface area contributed by atoms with Gasteiger partial charge in [-0.15, -0.1) is 0 Å². The van der Waals surface area contributed by atoms with Crippen molar-refractivity contribution in [3.05, 3.63) is 70.5 Å². The third-order valence-corrected chi connectivity index (χ3v) is 7.59. The molecule has 2 saturated carbocycles. The molecule has 172 valence electrons. The smallest absolute Gasteiger partial charge is 0.221 e. The monoisotopic (exact) mass is 481 g/mol. The van der Waals surface area contributed by atoms with Gasteiger partial charge in [0.25, 0.3) is 0 Å². The summed E-state index contributed by atoms with van der Waals surface area (Å²) in [4.78, 5) is 15.8. The van der Waals surface area contributed by atoms with E-state index in [-0.39, 0.29) is 5.91 Å². The Bertz CT molecular complexity index is 1100. The molecule has 8 heteroatoms. The number of nitrogens with zero attached hydrogens (tertiary/aromatic N) is 2. The first-order chi connectivity index (χ1) is 15.9. The van der Waals surface area contributed by atoms with Crippen LogP contribution >= 0.6 is 23.1 Å². The third-order valence-electron chi connectivity index (χ3n) is 6.66. The van der Waals surface area contributed by atoms with Crippen molar-refractivity contribution in [2.45, 2.75) is 57.7 Å². The fraction of sp³-hybridized carbons (Fsp3) is 0.400. The zero-order chi connectivity index (χ0) is 22.8. The highest BCUT2D eigenvalue weighted by molar-refractivity contribution is 7.09. The number of aromatic nitrogens is 2. The molecule has 2 aliphatic carbocycles. The SMILES string of the molecule is CC(=O)Nc1ccc(CNC2CC3(C2)CC(Nc2nc(Cc4ccc(Cl)cc4)ns2)C3)cc1. The molecule has 1 aromatic heterocycles. The van der Waals surface area contributed by atoms with Crippen molar-refractivity contribution in [3.63, 3.8) is 0 Å². The summed E-state index contributed by atoms with van der Waals surface area (Å²) in [6.45, 7) is 2.39. The quantitative estimate of drug-likeness (QED) is 0.409. The largest absolute Gasteiger partial charge is 0.358 e. The summed E-state index contributed by atoms with van der Waals surface area (Å²) in [5.74, 6) is 0.815. The number of hydrogen-bond acceptors (Lipinski definition) is 6. The number of hydrogen-bond donors (Lipinski definition) is 3. The Balaban J connectivity index is 1.02. The van der Waals surface area contributed by atoms with Crippen molar-refractivity contribution in [2.75, 3.05) is 10.6 Å². The van der Waals surface area contributed by atoms with Crippen LogP contribution in [0.5, 0.6) is 0 Å². The zero-order valence-corrected chi connectivity index (χ0v) is 20.2. The second-order valence-corrected chi connectivity index (χ2v) is 10.6. The van der Waals surface area contributed by atoms with Gasteiger partial charge in [0.1, 0.15) is 5.82 Å². The van der Waals surface area contributed by atoms with Crippen molar-refractivity contribution >= 4 is 39.9 Å². The van der Waals surface area contributed by atoms with Gasteiger partial charge in [0.05, 0.1) is 0 Å². The van der Waals surface area contributed by atoms with Gasteiger partial charge in [0, 0.05) is 54.2 Å². The van der Waals surface area contributed by atoms with Crippen molar-refractivity contribution in [3.8, 4) is 0 Å². The van der Waals surface area contributed by atoms with Gasteiger partial charge in [0.15, 0.2) is 0 Å². The summed E-state index contributed by atoms with van der Waals surface area (Å²) >= 11 is 7.41. The first-order valence-electron chi connectivity index (χ1n) is 11.4. The molecule has 0 atom stereocenters. The van der Waals surface area contributed by atoms with Gasteiger partial charge in [-0.1, -0.05) is 35.9 Å². The highest BCUT2D eigenvalue weighted by Crippen LogP contribution is 2.56. The van der Waals surface area contributed by atoms with Crippen LogP contribution in [-0.4, -0.2) is 27.3 Å². The van der Waals surface area contributed by atoms with Crippen LogP contribution in [0.25, 0.3) is 0 Å². The van der Waals surface area contributed by atoms with Crippen LogP contribution in [0.2, 0.25) is 5.02 Å². The molecule has 33 heavy (non-hydrogen) atoms. The van der Waals surface area contributed by atoms with E-state index in [9.17, 15) is 4.79 Å². The number of halogens is 1. The van der Waals surface area contributed by atoms with Crippen LogP contribution in [0.1, 0.15) is 49.6 Å². The zero-order valence-electron chi connectivity index (χ0n) is 18.6. The van der Waals surface area contributed by atoms with E-state index in [0.29, 0.717) is 17.5 Å². The van der Waals surface area contributed by atoms with Gasteiger partial charge in [-0.25, -0.2) is 4.98 Å². The van der Waals surface area contributed by atoms with Crippen LogP contribution in [0.15, 0.2) is 48.5 Å². The number of rotatable bonds is 8. The Morgan fingerprint density at radius 3 is 2.39 bits per heavy atom. The minimum Gasteiger partial charge on any atom is -0.358 e. The van der Waals surface area contributed by atoms with Crippen LogP contribution in [0.3, 0.4) is 0 Å². The fourth-order valence-electron chi connectivity index (χ4n) is 5.07. The molecule has 1 heterocycles. The lowest BCUT2D eigenvalue weighted by atomic mass is 9.52. The van der Waals surface area contributed by atoms with E-state index in [2.05, 4.69) is 37.4 Å². The van der Waals surface area contributed by atoms with Gasteiger partial charge in [-0.3, -0.25) is 4.79 Å². The first-order valence-corrected chi connectivity index (χ1v) is 12.5. The minimum absolute atomic E-state index is 0.0431. The highest BCUT2D eigenvalue weighted by Gasteiger charge is 2.52. The molecule has 0 aliphatic heterocycles. The van der Waals surface area contributed by atoms with E-state index in [4.69, 9.17) is 11.6 Å². The van der Waals surface area contributed by atoms with Gasteiger partial charge in [0.2, 0.25) is 11.0 Å². The molecule has 5 rings (SSSR count). The maximum atomic E-state index is 11.1. The van der Waals surface area contributed by atoms with E-state index in [1.807, 2.05) is 36.4 Å². The van der Waals surface area contributed by atoms with Gasteiger partial charge in [-0.2, -0.15) is 4.37 Å². The van der Waals surface area contributed by atoms with Gasteiger partial charge >= 0.3 is 0 Å². The first kappa shape index (κ1) is 22.3. The number of benzene rings is 2. The molecule has 2 aliphatic rings. The lowest BCUT2D eigenvalue weighted by molar-refractivity contribution is -0.114. The van der Waals surface area contributed by atoms with Gasteiger partial charge < -0.3 is 16.0 Å². The Kier molecular flexibility index (Phi) is 6.36. The number of anilines is 2. The van der Waals surface area contributed by atoms with E-state index in [1.54, 1.807) is 0 Å².